The number of unbranched alkanes of at least 4 members (excludes halogenated alkanes) is 26. The molecule has 302 valence electrons. The second-order valence-electron chi connectivity index (χ2n) is 16.1. The highest BCUT2D eigenvalue weighted by Gasteiger charge is 2.28. The van der Waals surface area contributed by atoms with Gasteiger partial charge in [0, 0.05) is 12.8 Å². The number of carboxylic acid groups (broad SMARTS) is 1. The average molecular weight is 722 g/mol. The van der Waals surface area contributed by atoms with Gasteiger partial charge in [0.05, 0.1) is 0 Å². The molecule has 0 radical (unpaired) electrons. The molecule has 6 nitrogen and oxygen atoms in total. The number of aliphatic carboxylic acids is 1. The average Bonchev–Trinajstić information content (AvgIpc) is 3.11. The van der Waals surface area contributed by atoms with Crippen LogP contribution in [0.3, 0.4) is 0 Å². The molecule has 0 aromatic carbocycles. The van der Waals surface area contributed by atoms with Crippen LogP contribution in [0.5, 0.6) is 0 Å². The predicted molar refractivity (Wildman–Crippen MR) is 217 cm³/mol. The van der Waals surface area contributed by atoms with Crippen molar-refractivity contribution in [1.82, 2.24) is 0 Å². The lowest BCUT2D eigenvalue weighted by Crippen LogP contribution is -2.34. The van der Waals surface area contributed by atoms with Crippen LogP contribution in [0.1, 0.15) is 258 Å². The SMILES string of the molecule is CCCCCCCCCCCCC(CCCCCCCC)(CCCCCCCC)CCCCCCCCCCC(=O)OC(=O)C(N)CCC(=O)O. The molecule has 6 heteroatoms. The molecule has 0 aliphatic carbocycles. The minimum absolute atomic E-state index is 0.0277. The normalized spacial score (nSPS) is 12.3. The zero-order chi connectivity index (χ0) is 37.7. The van der Waals surface area contributed by atoms with Crippen molar-refractivity contribution in [3.63, 3.8) is 0 Å². The third-order valence-electron chi connectivity index (χ3n) is 11.2. The van der Waals surface area contributed by atoms with Gasteiger partial charge in [-0.1, -0.05) is 207 Å². The molecule has 1 atom stereocenters. The molecule has 1 unspecified atom stereocenters. The topological polar surface area (TPSA) is 107 Å². The first-order valence-electron chi connectivity index (χ1n) is 22.5. The summed E-state index contributed by atoms with van der Waals surface area (Å²) in [5.74, 6) is -2.41. The molecular formula is C45H87NO5. The molecule has 0 aliphatic heterocycles. The first-order valence-corrected chi connectivity index (χ1v) is 22.5. The Morgan fingerprint density at radius 3 is 1.08 bits per heavy atom. The Morgan fingerprint density at radius 2 is 0.765 bits per heavy atom. The Labute approximate surface area is 317 Å². The fourth-order valence-corrected chi connectivity index (χ4v) is 7.76. The van der Waals surface area contributed by atoms with Gasteiger partial charge in [-0.25, -0.2) is 4.79 Å². The zero-order valence-electron chi connectivity index (χ0n) is 34.4. The highest BCUT2D eigenvalue weighted by molar-refractivity contribution is 5.88. The molecule has 0 fully saturated rings. The highest BCUT2D eigenvalue weighted by Crippen LogP contribution is 2.42. The number of carbonyl (C=O) groups is 3. The van der Waals surface area contributed by atoms with E-state index in [2.05, 4.69) is 20.8 Å². The first-order chi connectivity index (χ1) is 24.8. The fraction of sp³-hybridized carbons (Fsp3) is 0.933. The molecule has 3 N–H and O–H groups in total. The van der Waals surface area contributed by atoms with E-state index in [1.165, 1.54) is 199 Å². The van der Waals surface area contributed by atoms with Crippen molar-refractivity contribution >= 4 is 17.9 Å². The minimum atomic E-state index is -1.07. The van der Waals surface area contributed by atoms with Gasteiger partial charge in [0.2, 0.25) is 0 Å². The number of esters is 2. The number of carbonyl (C=O) groups excluding carboxylic acids is 2. The molecular weight excluding hydrogens is 634 g/mol. The summed E-state index contributed by atoms with van der Waals surface area (Å²) in [6, 6.07) is -1.07. The Hall–Kier alpha value is -1.43. The largest absolute Gasteiger partial charge is 0.481 e. The van der Waals surface area contributed by atoms with E-state index in [4.69, 9.17) is 15.6 Å². The molecule has 0 aliphatic rings. The lowest BCUT2D eigenvalue weighted by atomic mass is 9.70. The van der Waals surface area contributed by atoms with Gasteiger partial charge in [0.1, 0.15) is 6.04 Å². The number of hydrogen-bond donors (Lipinski definition) is 2. The summed E-state index contributed by atoms with van der Waals surface area (Å²) in [7, 11) is 0. The van der Waals surface area contributed by atoms with Crippen LogP contribution >= 0.6 is 0 Å². The summed E-state index contributed by atoms with van der Waals surface area (Å²) in [6.45, 7) is 6.93. The maximum absolute atomic E-state index is 12.0. The quantitative estimate of drug-likeness (QED) is 0.0370. The van der Waals surface area contributed by atoms with Crippen LogP contribution in [-0.2, 0) is 19.1 Å². The van der Waals surface area contributed by atoms with E-state index in [0.717, 1.165) is 12.8 Å². The van der Waals surface area contributed by atoms with Gasteiger partial charge in [0.15, 0.2) is 0 Å². The maximum atomic E-state index is 12.0. The van der Waals surface area contributed by atoms with E-state index in [-0.39, 0.29) is 19.3 Å². The maximum Gasteiger partial charge on any atom is 0.330 e. The Kier molecular flexibility index (Phi) is 35.9. The van der Waals surface area contributed by atoms with E-state index in [1.54, 1.807) is 0 Å². The van der Waals surface area contributed by atoms with Gasteiger partial charge < -0.3 is 15.6 Å². The Balaban J connectivity index is 4.67. The third-order valence-corrected chi connectivity index (χ3v) is 11.2. The second-order valence-corrected chi connectivity index (χ2v) is 16.1. The number of carboxylic acids is 1. The number of rotatable bonds is 40. The van der Waals surface area contributed by atoms with Gasteiger partial charge in [-0.3, -0.25) is 9.59 Å². The van der Waals surface area contributed by atoms with Crippen LogP contribution in [0.15, 0.2) is 0 Å². The van der Waals surface area contributed by atoms with Crippen LogP contribution in [0, 0.1) is 5.41 Å². The van der Waals surface area contributed by atoms with E-state index in [0.29, 0.717) is 11.8 Å². The highest BCUT2D eigenvalue weighted by atomic mass is 16.6. The molecule has 0 spiro atoms. The third kappa shape index (κ3) is 32.9. The summed E-state index contributed by atoms with van der Waals surface area (Å²) in [6.07, 6.45) is 45.9. The minimum Gasteiger partial charge on any atom is -0.481 e. The molecule has 0 rings (SSSR count). The molecule has 0 aromatic heterocycles. The molecule has 0 heterocycles. The summed E-state index contributed by atoms with van der Waals surface area (Å²) < 4.78 is 4.80. The van der Waals surface area contributed by atoms with Gasteiger partial charge in [-0.05, 0) is 43.9 Å². The summed E-state index contributed by atoms with van der Waals surface area (Å²) >= 11 is 0. The molecule has 0 bridgehead atoms. The van der Waals surface area contributed by atoms with Crippen molar-refractivity contribution in [3.05, 3.63) is 0 Å². The first kappa shape index (κ1) is 49.6. The van der Waals surface area contributed by atoms with Gasteiger partial charge in [0.25, 0.3) is 0 Å². The predicted octanol–water partition coefficient (Wildman–Crippen LogP) is 13.9. The van der Waals surface area contributed by atoms with Crippen molar-refractivity contribution in [2.24, 2.45) is 11.1 Å². The molecule has 0 aromatic rings. The van der Waals surface area contributed by atoms with E-state index in [9.17, 15) is 14.4 Å². The van der Waals surface area contributed by atoms with Gasteiger partial charge in [-0.2, -0.15) is 0 Å². The summed E-state index contributed by atoms with van der Waals surface area (Å²) in [5.41, 5.74) is 6.19. The second kappa shape index (κ2) is 36.9. The number of ether oxygens (including phenoxy) is 1. The number of hydrogen-bond acceptors (Lipinski definition) is 5. The monoisotopic (exact) mass is 722 g/mol. The van der Waals surface area contributed by atoms with Crippen LogP contribution < -0.4 is 5.73 Å². The van der Waals surface area contributed by atoms with E-state index < -0.39 is 23.9 Å². The lowest BCUT2D eigenvalue weighted by molar-refractivity contribution is -0.160. The van der Waals surface area contributed by atoms with Gasteiger partial charge >= 0.3 is 17.9 Å². The van der Waals surface area contributed by atoms with E-state index >= 15 is 0 Å². The molecule has 0 amide bonds. The van der Waals surface area contributed by atoms with Crippen LogP contribution in [0.2, 0.25) is 0 Å². The van der Waals surface area contributed by atoms with Crippen LogP contribution in [-0.4, -0.2) is 29.1 Å². The fourth-order valence-electron chi connectivity index (χ4n) is 7.76. The van der Waals surface area contributed by atoms with Crippen molar-refractivity contribution < 1.29 is 24.2 Å². The van der Waals surface area contributed by atoms with Crippen molar-refractivity contribution in [1.29, 1.82) is 0 Å². The van der Waals surface area contributed by atoms with Gasteiger partial charge in [-0.15, -0.1) is 0 Å². The molecule has 0 saturated heterocycles. The standard InChI is InChI=1S/C45H87NO5/c1-4-7-10-13-16-17-19-22-27-32-39-45(37-30-25-14-11-8-5-2,38-31-26-15-12-9-6-3)40-33-28-23-20-18-21-24-29-34-43(49)51-44(50)41(46)35-36-42(47)48/h41H,4-40,46H2,1-3H3,(H,47,48). The molecule has 51 heavy (non-hydrogen) atoms. The van der Waals surface area contributed by atoms with Crippen molar-refractivity contribution in [2.45, 2.75) is 264 Å². The van der Waals surface area contributed by atoms with Crippen LogP contribution in [0.4, 0.5) is 0 Å². The van der Waals surface area contributed by atoms with E-state index in [1.807, 2.05) is 0 Å². The smallest absolute Gasteiger partial charge is 0.330 e. The molecule has 0 saturated carbocycles. The van der Waals surface area contributed by atoms with Crippen molar-refractivity contribution in [3.8, 4) is 0 Å². The summed E-state index contributed by atoms with van der Waals surface area (Å²) in [5, 5.41) is 8.72. The number of nitrogens with two attached hydrogens (primary N) is 1. The summed E-state index contributed by atoms with van der Waals surface area (Å²) in [4.78, 5) is 34.5. The van der Waals surface area contributed by atoms with Crippen LogP contribution in [0.25, 0.3) is 0 Å². The Bertz CT molecular complexity index is 783. The lowest BCUT2D eigenvalue weighted by Gasteiger charge is -2.35. The Morgan fingerprint density at radius 1 is 0.471 bits per heavy atom. The van der Waals surface area contributed by atoms with Crippen molar-refractivity contribution in [2.75, 3.05) is 0 Å². The zero-order valence-corrected chi connectivity index (χ0v) is 34.4.